The molecule has 0 bridgehead atoms. The van der Waals surface area contributed by atoms with Crippen LogP contribution >= 0.6 is 47.0 Å². The van der Waals surface area contributed by atoms with Gasteiger partial charge in [-0.05, 0) is 105 Å². The number of benzene rings is 2. The summed E-state index contributed by atoms with van der Waals surface area (Å²) in [4.78, 5) is 0. The second-order valence-corrected chi connectivity index (χ2v) is 9.52. The van der Waals surface area contributed by atoms with Crippen molar-refractivity contribution in [3.05, 3.63) is 81.4 Å². The van der Waals surface area contributed by atoms with Gasteiger partial charge in [0.25, 0.3) is 0 Å². The highest BCUT2D eigenvalue weighted by Crippen LogP contribution is 2.04. The molecule has 0 amide bonds. The van der Waals surface area contributed by atoms with E-state index in [1.165, 1.54) is 32.6 Å². The van der Waals surface area contributed by atoms with Gasteiger partial charge in [0, 0.05) is 9.13 Å². The molecule has 0 spiro atoms. The van der Waals surface area contributed by atoms with Gasteiger partial charge < -0.3 is 0 Å². The largest absolute Gasteiger partial charge is 0.180 e. The molecule has 0 aromatic heterocycles. The zero-order chi connectivity index (χ0) is 26.3. The van der Waals surface area contributed by atoms with Crippen molar-refractivity contribution < 1.29 is 0 Å². The van der Waals surface area contributed by atoms with Gasteiger partial charge in [-0.25, -0.2) is 0 Å². The van der Waals surface area contributed by atoms with Crippen molar-refractivity contribution in [2.24, 2.45) is 0 Å². The summed E-state index contributed by atoms with van der Waals surface area (Å²) in [6.07, 6.45) is 7.67. The highest BCUT2D eigenvalue weighted by atomic mass is 127. The summed E-state index contributed by atoms with van der Waals surface area (Å²) in [7, 11) is 0. The fourth-order valence-corrected chi connectivity index (χ4v) is 2.54. The second kappa shape index (κ2) is 35.3. The Morgan fingerprint density at radius 1 is 0.970 bits per heavy atom. The van der Waals surface area contributed by atoms with Crippen LogP contribution in [0.25, 0.3) is 0 Å². The molecule has 2 aromatic rings. The Labute approximate surface area is 230 Å². The van der Waals surface area contributed by atoms with Gasteiger partial charge in [-0.1, -0.05) is 68.2 Å². The molecule has 0 nitrogen and oxygen atoms in total. The summed E-state index contributed by atoms with van der Waals surface area (Å²) in [6.45, 7) is 19.3. The molecule has 0 radical (unpaired) electrons. The minimum absolute atomic E-state index is 0.944. The predicted molar refractivity (Wildman–Crippen MR) is 171 cm³/mol. The van der Waals surface area contributed by atoms with Crippen molar-refractivity contribution >= 4 is 47.0 Å². The van der Waals surface area contributed by atoms with Crippen LogP contribution in [0.15, 0.2) is 61.2 Å². The molecular formula is C30H45IS2. The molecule has 0 aliphatic rings. The first-order valence-corrected chi connectivity index (χ1v) is 14.0. The van der Waals surface area contributed by atoms with Crippen LogP contribution in [-0.2, 0) is 0 Å². The van der Waals surface area contributed by atoms with Crippen LogP contribution in [0, 0.1) is 41.6 Å². The molecule has 184 valence electrons. The zero-order valence-corrected chi connectivity index (χ0v) is 25.9. The number of aryl methyl sites for hydroxylation is 2. The number of thioether (sulfide) groups is 1. The molecule has 0 heterocycles. The molecule has 2 rings (SSSR count). The monoisotopic (exact) mass is 596 g/mol. The van der Waals surface area contributed by atoms with Gasteiger partial charge in [-0.15, -0.1) is 24.8 Å². The van der Waals surface area contributed by atoms with Crippen LogP contribution in [0.2, 0.25) is 0 Å². The number of thiol groups is 1. The fourth-order valence-electron chi connectivity index (χ4n) is 1.60. The van der Waals surface area contributed by atoms with Gasteiger partial charge >= 0.3 is 0 Å². The van der Waals surface area contributed by atoms with Crippen molar-refractivity contribution in [1.82, 2.24) is 0 Å². The van der Waals surface area contributed by atoms with E-state index in [-0.39, 0.29) is 0 Å². The lowest BCUT2D eigenvalue weighted by Crippen LogP contribution is -1.73. The highest BCUT2D eigenvalue weighted by molar-refractivity contribution is 14.1. The average Bonchev–Trinajstić information content (AvgIpc) is 2.79. The summed E-state index contributed by atoms with van der Waals surface area (Å²) in [5, 5.41) is 0. The Morgan fingerprint density at radius 2 is 1.33 bits per heavy atom. The van der Waals surface area contributed by atoms with Crippen LogP contribution < -0.4 is 0 Å². The third kappa shape index (κ3) is 41.5. The van der Waals surface area contributed by atoms with Crippen LogP contribution in [0.5, 0.6) is 0 Å². The second-order valence-electron chi connectivity index (χ2n) is 6.25. The highest BCUT2D eigenvalue weighted by Gasteiger charge is 1.83. The molecule has 0 unspecified atom stereocenters. The predicted octanol–water partition coefficient (Wildman–Crippen LogP) is 9.88. The number of terminal acetylenes is 1. The standard InChI is InChI=1S/C10H10.C7H7I.C5H12S.C3H6.C3H4.C2H6S/c1-3-4-10-7-5-9(2)6-8-10;1-6-2-4-7(8)5-3-6;1-3-5-6-4-2;2*1-3-2;1-2-3/h5-8H,1-2H3;2-5H,1H3;3-5H2,1-2H3;3H,1H2,2H3;1H,2H3;3H,2H2,1H3. The molecule has 0 atom stereocenters. The van der Waals surface area contributed by atoms with Crippen molar-refractivity contribution in [1.29, 1.82) is 0 Å². The quantitative estimate of drug-likeness (QED) is 0.121. The normalized spacial score (nSPS) is 7.55. The molecule has 0 N–H and O–H groups in total. The van der Waals surface area contributed by atoms with Crippen molar-refractivity contribution in [2.45, 2.75) is 61.8 Å². The molecule has 0 fully saturated rings. The smallest absolute Gasteiger partial charge is 0.0245 e. The lowest BCUT2D eigenvalue weighted by Gasteiger charge is -1.90. The van der Waals surface area contributed by atoms with E-state index >= 15 is 0 Å². The van der Waals surface area contributed by atoms with Gasteiger partial charge in [-0.2, -0.15) is 24.4 Å². The van der Waals surface area contributed by atoms with E-state index in [4.69, 9.17) is 0 Å². The maximum absolute atomic E-state index is 4.60. The lowest BCUT2D eigenvalue weighted by molar-refractivity contribution is 1.11. The van der Waals surface area contributed by atoms with Crippen LogP contribution in [0.4, 0.5) is 0 Å². The first kappa shape index (κ1) is 39.0. The minimum atomic E-state index is 0.944. The van der Waals surface area contributed by atoms with Gasteiger partial charge in [0.15, 0.2) is 0 Å². The van der Waals surface area contributed by atoms with E-state index in [1.807, 2.05) is 44.7 Å². The Balaban J connectivity index is -0.000000165. The van der Waals surface area contributed by atoms with Crippen LogP contribution in [0.3, 0.4) is 0 Å². The summed E-state index contributed by atoms with van der Waals surface area (Å²) in [6, 6.07) is 16.6. The Hall–Kier alpha value is -1.27. The Kier molecular flexibility index (Phi) is 41.7. The fraction of sp³-hybridized carbons (Fsp3) is 0.400. The summed E-state index contributed by atoms with van der Waals surface area (Å²) in [5.74, 6) is 11.6. The maximum Gasteiger partial charge on any atom is 0.0245 e. The topological polar surface area (TPSA) is 0 Å². The molecular weight excluding hydrogens is 551 g/mol. The third-order valence-electron chi connectivity index (χ3n) is 2.88. The number of hydrogen-bond donors (Lipinski definition) is 1. The first-order chi connectivity index (χ1) is 15.8. The molecule has 3 heteroatoms. The molecule has 0 saturated carbocycles. The van der Waals surface area contributed by atoms with E-state index in [0.29, 0.717) is 0 Å². The molecule has 2 aromatic carbocycles. The summed E-state index contributed by atoms with van der Waals surface area (Å²) >= 11 is 8.09. The summed E-state index contributed by atoms with van der Waals surface area (Å²) < 4.78 is 1.30. The lowest BCUT2D eigenvalue weighted by atomic mass is 10.2. The van der Waals surface area contributed by atoms with Crippen molar-refractivity contribution in [3.8, 4) is 24.2 Å². The van der Waals surface area contributed by atoms with Crippen LogP contribution in [-0.4, -0.2) is 17.3 Å². The molecule has 33 heavy (non-hydrogen) atoms. The Bertz CT molecular complexity index is 705. The van der Waals surface area contributed by atoms with Crippen LogP contribution in [0.1, 0.15) is 64.7 Å². The summed E-state index contributed by atoms with van der Waals surface area (Å²) in [5.41, 5.74) is 3.69. The Morgan fingerprint density at radius 3 is 1.58 bits per heavy atom. The van der Waals surface area contributed by atoms with Gasteiger partial charge in [0.05, 0.1) is 0 Å². The molecule has 0 aliphatic carbocycles. The van der Waals surface area contributed by atoms with Crippen molar-refractivity contribution in [3.63, 3.8) is 0 Å². The zero-order valence-electron chi connectivity index (χ0n) is 22.0. The average molecular weight is 597 g/mol. The van der Waals surface area contributed by atoms with E-state index in [9.17, 15) is 0 Å². The molecule has 0 saturated heterocycles. The number of rotatable bonds is 3. The number of allylic oxidation sites excluding steroid dienone is 1. The minimum Gasteiger partial charge on any atom is -0.180 e. The van der Waals surface area contributed by atoms with Crippen molar-refractivity contribution in [2.75, 3.05) is 17.3 Å². The van der Waals surface area contributed by atoms with E-state index in [0.717, 1.165) is 11.3 Å². The number of halogens is 1. The van der Waals surface area contributed by atoms with E-state index in [2.05, 4.69) is 130 Å². The first-order valence-electron chi connectivity index (χ1n) is 11.1. The van der Waals surface area contributed by atoms with Gasteiger partial charge in [0.1, 0.15) is 0 Å². The van der Waals surface area contributed by atoms with E-state index < -0.39 is 0 Å². The SMILES string of the molecule is C#CC.C=CC.CC#Cc1ccc(C)cc1.CCCSCC.CCS.Cc1ccc(I)cc1. The molecule has 0 aliphatic heterocycles. The third-order valence-corrected chi connectivity index (χ3v) is 4.71. The van der Waals surface area contributed by atoms with Gasteiger partial charge in [0.2, 0.25) is 0 Å². The van der Waals surface area contributed by atoms with Gasteiger partial charge in [-0.3, -0.25) is 0 Å². The number of hydrogen-bond acceptors (Lipinski definition) is 2. The maximum atomic E-state index is 4.60. The van der Waals surface area contributed by atoms with E-state index in [1.54, 1.807) is 13.0 Å².